The number of hydrogen-bond donors (Lipinski definition) is 1. The highest BCUT2D eigenvalue weighted by Gasteiger charge is 2.27. The Bertz CT molecular complexity index is 679. The van der Waals surface area contributed by atoms with Crippen LogP contribution in [0.3, 0.4) is 0 Å². The van der Waals surface area contributed by atoms with Crippen molar-refractivity contribution >= 4 is 28.2 Å². The molecule has 0 atom stereocenters. The molecule has 3 rings (SSSR count). The molecule has 2 heterocycles. The number of hydrogen-bond acceptors (Lipinski definition) is 5. The first-order chi connectivity index (χ1) is 10.7. The predicted molar refractivity (Wildman–Crippen MR) is 87.7 cm³/mol. The zero-order chi connectivity index (χ0) is 15.5. The van der Waals surface area contributed by atoms with Gasteiger partial charge in [-0.2, -0.15) is 0 Å². The summed E-state index contributed by atoms with van der Waals surface area (Å²) < 4.78 is 5.12. The van der Waals surface area contributed by atoms with Crippen LogP contribution in [0.25, 0.3) is 10.8 Å². The molecule has 2 N–H and O–H groups in total. The molecule has 116 valence electrons. The Morgan fingerprint density at radius 3 is 2.82 bits per heavy atom. The fourth-order valence-electron chi connectivity index (χ4n) is 3.06. The molecule has 0 unspecified atom stereocenters. The minimum Gasteiger partial charge on any atom is -0.466 e. The van der Waals surface area contributed by atoms with Crippen molar-refractivity contribution in [3.8, 4) is 0 Å². The van der Waals surface area contributed by atoms with Gasteiger partial charge in [-0.1, -0.05) is 12.1 Å². The third-order valence-electron chi connectivity index (χ3n) is 4.23. The van der Waals surface area contributed by atoms with Crippen LogP contribution in [-0.4, -0.2) is 30.6 Å². The standard InChI is InChI=1S/C17H21N3O2/c1-2-22-17(21)12-7-10-20(11-8-12)16-14-4-3-5-15(18)13(14)6-9-19-16/h3-6,9,12H,2,7-8,10-11,18H2,1H3. The molecular formula is C17H21N3O2. The maximum atomic E-state index is 11.8. The number of benzene rings is 1. The zero-order valence-corrected chi connectivity index (χ0v) is 12.8. The van der Waals surface area contributed by atoms with Gasteiger partial charge in [-0.15, -0.1) is 0 Å². The van der Waals surface area contributed by atoms with Crippen LogP contribution in [0.15, 0.2) is 30.5 Å². The number of carbonyl (C=O) groups excluding carboxylic acids is 1. The van der Waals surface area contributed by atoms with Crippen molar-refractivity contribution in [3.05, 3.63) is 30.5 Å². The Hall–Kier alpha value is -2.30. The number of carbonyl (C=O) groups is 1. The number of piperidine rings is 1. The quantitative estimate of drug-likeness (QED) is 0.697. The van der Waals surface area contributed by atoms with Gasteiger partial charge in [0, 0.05) is 35.7 Å². The predicted octanol–water partition coefficient (Wildman–Crippen LogP) is 2.60. The molecule has 0 bridgehead atoms. The molecule has 0 spiro atoms. The minimum atomic E-state index is -0.0720. The Balaban J connectivity index is 1.80. The molecule has 22 heavy (non-hydrogen) atoms. The first kappa shape index (κ1) is 14.6. The topological polar surface area (TPSA) is 68.5 Å². The van der Waals surface area contributed by atoms with Gasteiger partial charge in [-0.25, -0.2) is 4.98 Å². The molecule has 0 aliphatic carbocycles. The number of nitrogens with two attached hydrogens (primary N) is 1. The number of nitrogens with zero attached hydrogens (tertiary/aromatic N) is 2. The Kier molecular flexibility index (Phi) is 4.13. The summed E-state index contributed by atoms with van der Waals surface area (Å²) in [5, 5.41) is 2.09. The molecule has 0 radical (unpaired) electrons. The highest BCUT2D eigenvalue weighted by molar-refractivity contribution is 5.99. The Morgan fingerprint density at radius 1 is 1.32 bits per heavy atom. The summed E-state index contributed by atoms with van der Waals surface area (Å²) in [6, 6.07) is 7.85. The van der Waals surface area contributed by atoms with Crippen molar-refractivity contribution in [2.75, 3.05) is 30.3 Å². The largest absolute Gasteiger partial charge is 0.466 e. The summed E-state index contributed by atoms with van der Waals surface area (Å²) in [6.45, 7) is 3.91. The van der Waals surface area contributed by atoms with Gasteiger partial charge in [0.25, 0.3) is 0 Å². The van der Waals surface area contributed by atoms with Crippen molar-refractivity contribution in [2.45, 2.75) is 19.8 Å². The van der Waals surface area contributed by atoms with E-state index in [9.17, 15) is 4.79 Å². The van der Waals surface area contributed by atoms with Crippen LogP contribution in [0, 0.1) is 5.92 Å². The molecule has 1 aliphatic heterocycles. The molecule has 0 amide bonds. The number of fused-ring (bicyclic) bond motifs is 1. The lowest BCUT2D eigenvalue weighted by atomic mass is 9.96. The van der Waals surface area contributed by atoms with Gasteiger partial charge in [0.2, 0.25) is 0 Å². The molecule has 1 saturated heterocycles. The van der Waals surface area contributed by atoms with Crippen LogP contribution in [-0.2, 0) is 9.53 Å². The van der Waals surface area contributed by atoms with Gasteiger partial charge in [0.15, 0.2) is 0 Å². The highest BCUT2D eigenvalue weighted by atomic mass is 16.5. The summed E-state index contributed by atoms with van der Waals surface area (Å²) >= 11 is 0. The fraction of sp³-hybridized carbons (Fsp3) is 0.412. The lowest BCUT2D eigenvalue weighted by Crippen LogP contribution is -2.37. The number of pyridine rings is 1. The number of ether oxygens (including phenoxy) is 1. The van der Waals surface area contributed by atoms with E-state index in [-0.39, 0.29) is 11.9 Å². The van der Waals surface area contributed by atoms with Gasteiger partial charge in [0.1, 0.15) is 5.82 Å². The third-order valence-corrected chi connectivity index (χ3v) is 4.23. The number of aromatic nitrogens is 1. The normalized spacial score (nSPS) is 16.0. The number of rotatable bonds is 3. The zero-order valence-electron chi connectivity index (χ0n) is 12.8. The maximum absolute atomic E-state index is 11.8. The number of esters is 1. The van der Waals surface area contributed by atoms with Crippen LogP contribution in [0.1, 0.15) is 19.8 Å². The molecule has 2 aromatic rings. The van der Waals surface area contributed by atoms with E-state index in [2.05, 4.69) is 9.88 Å². The summed E-state index contributed by atoms with van der Waals surface area (Å²) in [6.07, 6.45) is 3.41. The van der Waals surface area contributed by atoms with E-state index < -0.39 is 0 Å². The van der Waals surface area contributed by atoms with Crippen LogP contribution in [0.2, 0.25) is 0 Å². The van der Waals surface area contributed by atoms with Crippen molar-refractivity contribution < 1.29 is 9.53 Å². The highest BCUT2D eigenvalue weighted by Crippen LogP contribution is 2.30. The van der Waals surface area contributed by atoms with Crippen molar-refractivity contribution in [2.24, 2.45) is 5.92 Å². The molecule has 1 fully saturated rings. The number of anilines is 2. The van der Waals surface area contributed by atoms with Gasteiger partial charge in [-0.3, -0.25) is 4.79 Å². The molecule has 5 nitrogen and oxygen atoms in total. The Labute approximate surface area is 130 Å². The van der Waals surface area contributed by atoms with Crippen molar-refractivity contribution in [3.63, 3.8) is 0 Å². The summed E-state index contributed by atoms with van der Waals surface area (Å²) in [5.74, 6) is 0.889. The third kappa shape index (κ3) is 2.71. The van der Waals surface area contributed by atoms with E-state index in [0.29, 0.717) is 6.61 Å². The van der Waals surface area contributed by atoms with Gasteiger partial charge in [0.05, 0.1) is 12.5 Å². The first-order valence-corrected chi connectivity index (χ1v) is 7.75. The fourth-order valence-corrected chi connectivity index (χ4v) is 3.06. The minimum absolute atomic E-state index is 0.0104. The lowest BCUT2D eigenvalue weighted by molar-refractivity contribution is -0.148. The second kappa shape index (κ2) is 6.22. The summed E-state index contributed by atoms with van der Waals surface area (Å²) in [5.41, 5.74) is 6.81. The van der Waals surface area contributed by atoms with E-state index in [1.54, 1.807) is 6.20 Å². The van der Waals surface area contributed by atoms with Gasteiger partial charge in [-0.05, 0) is 31.9 Å². The average molecular weight is 299 g/mol. The second-order valence-electron chi connectivity index (χ2n) is 5.59. The molecule has 0 saturated carbocycles. The molecular weight excluding hydrogens is 278 g/mol. The average Bonchev–Trinajstić information content (AvgIpc) is 2.55. The monoisotopic (exact) mass is 299 g/mol. The van der Waals surface area contributed by atoms with Crippen LogP contribution < -0.4 is 10.6 Å². The lowest BCUT2D eigenvalue weighted by Gasteiger charge is -2.32. The second-order valence-corrected chi connectivity index (χ2v) is 5.59. The van der Waals surface area contributed by atoms with Gasteiger partial charge < -0.3 is 15.4 Å². The summed E-state index contributed by atoms with van der Waals surface area (Å²) in [7, 11) is 0. The molecule has 1 aromatic carbocycles. The summed E-state index contributed by atoms with van der Waals surface area (Å²) in [4.78, 5) is 18.6. The van der Waals surface area contributed by atoms with E-state index in [1.165, 1.54) is 0 Å². The Morgan fingerprint density at radius 2 is 2.09 bits per heavy atom. The first-order valence-electron chi connectivity index (χ1n) is 7.75. The van der Waals surface area contributed by atoms with E-state index in [4.69, 9.17) is 10.5 Å². The van der Waals surface area contributed by atoms with Crippen molar-refractivity contribution in [1.82, 2.24) is 4.98 Å². The van der Waals surface area contributed by atoms with E-state index >= 15 is 0 Å². The van der Waals surface area contributed by atoms with Gasteiger partial charge >= 0.3 is 5.97 Å². The SMILES string of the molecule is CCOC(=O)C1CCN(c2nccc3c(N)cccc23)CC1. The van der Waals surface area contributed by atoms with Crippen molar-refractivity contribution in [1.29, 1.82) is 0 Å². The maximum Gasteiger partial charge on any atom is 0.309 e. The molecule has 1 aromatic heterocycles. The van der Waals surface area contributed by atoms with Crippen LogP contribution >= 0.6 is 0 Å². The smallest absolute Gasteiger partial charge is 0.309 e. The van der Waals surface area contributed by atoms with Crippen LogP contribution in [0.5, 0.6) is 0 Å². The number of nitrogen functional groups attached to an aromatic ring is 1. The van der Waals surface area contributed by atoms with E-state index in [0.717, 1.165) is 48.2 Å². The molecule has 5 heteroatoms. The molecule has 1 aliphatic rings. The van der Waals surface area contributed by atoms with Crippen LogP contribution in [0.4, 0.5) is 11.5 Å². The van der Waals surface area contributed by atoms with E-state index in [1.807, 2.05) is 31.2 Å².